The number of benzene rings is 1. The maximum atomic E-state index is 12.6. The van der Waals surface area contributed by atoms with Crippen LogP contribution < -0.4 is 19.8 Å². The summed E-state index contributed by atoms with van der Waals surface area (Å²) in [5, 5.41) is 6.58. The van der Waals surface area contributed by atoms with Crippen LogP contribution in [0.2, 0.25) is 0 Å². The SMILES string of the molecule is COc1cc(C=Nn2c(C)nc3sccc3c2=O)cc(OC)c1OC(C)=O. The second-order valence-electron chi connectivity index (χ2n) is 5.51. The molecule has 8 nitrogen and oxygen atoms in total. The molecule has 27 heavy (non-hydrogen) atoms. The Balaban J connectivity index is 2.05. The molecular formula is C18H17N3O5S. The van der Waals surface area contributed by atoms with Crippen molar-refractivity contribution in [1.82, 2.24) is 9.66 Å². The van der Waals surface area contributed by atoms with E-state index in [4.69, 9.17) is 14.2 Å². The van der Waals surface area contributed by atoms with E-state index >= 15 is 0 Å². The summed E-state index contributed by atoms with van der Waals surface area (Å²) in [4.78, 5) is 28.9. The number of nitrogens with zero attached hydrogens (tertiary/aromatic N) is 3. The Labute approximate surface area is 158 Å². The molecule has 0 fully saturated rings. The van der Waals surface area contributed by atoms with Crippen molar-refractivity contribution in [3.05, 3.63) is 45.3 Å². The van der Waals surface area contributed by atoms with Crippen LogP contribution in [0.4, 0.5) is 0 Å². The number of hydrogen-bond acceptors (Lipinski definition) is 8. The number of carbonyl (C=O) groups is 1. The van der Waals surface area contributed by atoms with E-state index in [1.807, 2.05) is 5.38 Å². The second kappa shape index (κ2) is 7.58. The Kier molecular flexibility index (Phi) is 5.22. The van der Waals surface area contributed by atoms with Gasteiger partial charge in [0.1, 0.15) is 10.7 Å². The van der Waals surface area contributed by atoms with Crippen molar-refractivity contribution in [3.8, 4) is 17.2 Å². The molecule has 1 aromatic carbocycles. The zero-order valence-corrected chi connectivity index (χ0v) is 16.0. The lowest BCUT2D eigenvalue weighted by Gasteiger charge is -2.13. The van der Waals surface area contributed by atoms with Gasteiger partial charge in [0.05, 0.1) is 25.8 Å². The molecule has 3 aromatic rings. The molecule has 0 unspecified atom stereocenters. The molecule has 0 amide bonds. The van der Waals surface area contributed by atoms with E-state index in [2.05, 4.69) is 10.1 Å². The molecule has 0 saturated carbocycles. The third-order valence-corrected chi connectivity index (χ3v) is 4.50. The summed E-state index contributed by atoms with van der Waals surface area (Å²) in [5.74, 6) is 0.773. The molecule has 0 saturated heterocycles. The molecule has 140 valence electrons. The van der Waals surface area contributed by atoms with Crippen molar-refractivity contribution >= 4 is 33.7 Å². The third kappa shape index (κ3) is 3.68. The monoisotopic (exact) mass is 387 g/mol. The minimum atomic E-state index is -0.495. The van der Waals surface area contributed by atoms with Crippen molar-refractivity contribution in [2.45, 2.75) is 13.8 Å². The molecule has 0 aliphatic rings. The average molecular weight is 387 g/mol. The zero-order chi connectivity index (χ0) is 19.6. The molecular weight excluding hydrogens is 370 g/mol. The van der Waals surface area contributed by atoms with Crippen molar-refractivity contribution in [3.63, 3.8) is 0 Å². The molecule has 0 aliphatic carbocycles. The summed E-state index contributed by atoms with van der Waals surface area (Å²) in [6.07, 6.45) is 1.48. The topological polar surface area (TPSA) is 92.0 Å². The van der Waals surface area contributed by atoms with Gasteiger partial charge in [-0.2, -0.15) is 9.78 Å². The Morgan fingerprint density at radius 3 is 2.52 bits per heavy atom. The van der Waals surface area contributed by atoms with Crippen LogP contribution in [-0.4, -0.2) is 36.1 Å². The van der Waals surface area contributed by atoms with Gasteiger partial charge in [-0.3, -0.25) is 9.59 Å². The standard InChI is InChI=1S/C18H17N3O5S/c1-10-20-17-13(5-6-27-17)18(23)21(10)19-9-12-7-14(24-3)16(26-11(2)22)15(8-12)25-4/h5-9H,1-4H3. The fourth-order valence-electron chi connectivity index (χ4n) is 2.49. The van der Waals surface area contributed by atoms with Crippen LogP contribution in [0.25, 0.3) is 10.2 Å². The van der Waals surface area contributed by atoms with Gasteiger partial charge in [-0.1, -0.05) is 0 Å². The van der Waals surface area contributed by atoms with Gasteiger partial charge in [0.25, 0.3) is 5.56 Å². The first-order chi connectivity index (χ1) is 12.9. The number of rotatable bonds is 5. The van der Waals surface area contributed by atoms with Gasteiger partial charge in [0.2, 0.25) is 5.75 Å². The summed E-state index contributed by atoms with van der Waals surface area (Å²) in [7, 11) is 2.90. The quantitative estimate of drug-likeness (QED) is 0.380. The zero-order valence-electron chi connectivity index (χ0n) is 15.2. The van der Waals surface area contributed by atoms with Gasteiger partial charge in [-0.15, -0.1) is 11.3 Å². The lowest BCUT2D eigenvalue weighted by Crippen LogP contribution is -2.19. The van der Waals surface area contributed by atoms with E-state index in [-0.39, 0.29) is 11.3 Å². The number of esters is 1. The van der Waals surface area contributed by atoms with Gasteiger partial charge in [-0.05, 0) is 30.5 Å². The molecule has 3 rings (SSSR count). The Hall–Kier alpha value is -3.20. The van der Waals surface area contributed by atoms with Crippen molar-refractivity contribution in [2.24, 2.45) is 5.10 Å². The van der Waals surface area contributed by atoms with Crippen LogP contribution in [0.5, 0.6) is 17.2 Å². The van der Waals surface area contributed by atoms with Gasteiger partial charge in [-0.25, -0.2) is 4.98 Å². The highest BCUT2D eigenvalue weighted by Gasteiger charge is 2.16. The van der Waals surface area contributed by atoms with E-state index < -0.39 is 5.97 Å². The molecule has 0 bridgehead atoms. The van der Waals surface area contributed by atoms with E-state index in [1.54, 1.807) is 25.1 Å². The van der Waals surface area contributed by atoms with Gasteiger partial charge >= 0.3 is 5.97 Å². The molecule has 0 aliphatic heterocycles. The van der Waals surface area contributed by atoms with Crippen LogP contribution in [0, 0.1) is 6.92 Å². The maximum absolute atomic E-state index is 12.6. The summed E-state index contributed by atoms with van der Waals surface area (Å²) in [6.45, 7) is 3.00. The van der Waals surface area contributed by atoms with Crippen LogP contribution in [0.1, 0.15) is 18.3 Å². The maximum Gasteiger partial charge on any atom is 0.308 e. The first-order valence-corrected chi connectivity index (χ1v) is 8.78. The fraction of sp³-hybridized carbons (Fsp3) is 0.222. The minimum absolute atomic E-state index is 0.180. The summed E-state index contributed by atoms with van der Waals surface area (Å²) in [6, 6.07) is 4.98. The summed E-state index contributed by atoms with van der Waals surface area (Å²) >= 11 is 1.40. The number of thiophene rings is 1. The lowest BCUT2D eigenvalue weighted by molar-refractivity contribution is -0.132. The van der Waals surface area contributed by atoms with Crippen LogP contribution >= 0.6 is 11.3 Å². The normalized spacial score (nSPS) is 11.1. The second-order valence-corrected chi connectivity index (χ2v) is 6.40. The van der Waals surface area contributed by atoms with Crippen molar-refractivity contribution < 1.29 is 19.0 Å². The number of aryl methyl sites for hydroxylation is 1. The van der Waals surface area contributed by atoms with E-state index in [9.17, 15) is 9.59 Å². The first kappa shape index (κ1) is 18.6. The van der Waals surface area contributed by atoms with Gasteiger partial charge in [0, 0.05) is 12.5 Å². The lowest BCUT2D eigenvalue weighted by atomic mass is 10.2. The highest BCUT2D eigenvalue weighted by molar-refractivity contribution is 7.16. The molecule has 0 radical (unpaired) electrons. The highest BCUT2D eigenvalue weighted by atomic mass is 32.1. The molecule has 0 atom stereocenters. The first-order valence-electron chi connectivity index (χ1n) is 7.90. The van der Waals surface area contributed by atoms with Crippen LogP contribution in [0.3, 0.4) is 0 Å². The fourth-order valence-corrected chi connectivity index (χ4v) is 3.29. The van der Waals surface area contributed by atoms with E-state index in [1.165, 1.54) is 43.4 Å². The van der Waals surface area contributed by atoms with Crippen LogP contribution in [-0.2, 0) is 4.79 Å². The Bertz CT molecular complexity index is 1080. The number of ether oxygens (including phenoxy) is 3. The van der Waals surface area contributed by atoms with Crippen molar-refractivity contribution in [2.75, 3.05) is 14.2 Å². The van der Waals surface area contributed by atoms with Gasteiger partial charge in [0.15, 0.2) is 11.5 Å². The summed E-state index contributed by atoms with van der Waals surface area (Å²) in [5.41, 5.74) is 0.349. The number of fused-ring (bicyclic) bond motifs is 1. The molecule has 0 spiro atoms. The van der Waals surface area contributed by atoms with E-state index in [0.717, 1.165) is 0 Å². The summed E-state index contributed by atoms with van der Waals surface area (Å²) < 4.78 is 16.9. The number of hydrogen-bond donors (Lipinski definition) is 0. The van der Waals surface area contributed by atoms with Gasteiger partial charge < -0.3 is 14.2 Å². The Morgan fingerprint density at radius 1 is 1.26 bits per heavy atom. The minimum Gasteiger partial charge on any atom is -0.493 e. The van der Waals surface area contributed by atoms with E-state index in [0.29, 0.717) is 33.1 Å². The number of methoxy groups -OCH3 is 2. The number of aromatic nitrogens is 2. The average Bonchev–Trinajstić information content (AvgIpc) is 3.10. The molecule has 2 aromatic heterocycles. The van der Waals surface area contributed by atoms with Crippen LogP contribution in [0.15, 0.2) is 33.5 Å². The molecule has 2 heterocycles. The molecule has 9 heteroatoms. The Morgan fingerprint density at radius 2 is 1.93 bits per heavy atom. The smallest absolute Gasteiger partial charge is 0.308 e. The third-order valence-electron chi connectivity index (χ3n) is 3.69. The largest absolute Gasteiger partial charge is 0.493 e. The highest BCUT2D eigenvalue weighted by Crippen LogP contribution is 2.38. The predicted octanol–water partition coefficient (Wildman–Crippen LogP) is 2.59. The molecule has 0 N–H and O–H groups in total. The van der Waals surface area contributed by atoms with Crippen molar-refractivity contribution in [1.29, 1.82) is 0 Å². The predicted molar refractivity (Wildman–Crippen MR) is 102 cm³/mol. The number of carbonyl (C=O) groups excluding carboxylic acids is 1.